The fourth-order valence-corrected chi connectivity index (χ4v) is 6.72. The van der Waals surface area contributed by atoms with Crippen LogP contribution in [0.3, 0.4) is 0 Å². The zero-order valence-electron chi connectivity index (χ0n) is 22.0. The number of para-hydroxylation sites is 3. The highest BCUT2D eigenvalue weighted by atomic mass is 32.2. The van der Waals surface area contributed by atoms with E-state index in [1.54, 1.807) is 32.0 Å². The molecule has 0 spiro atoms. The maximum Gasteiger partial charge on any atom is 0.293 e. The monoisotopic (exact) mass is 594 g/mol. The number of hydrogen-bond acceptors (Lipinski definition) is 7. The van der Waals surface area contributed by atoms with E-state index in [0.717, 1.165) is 17.2 Å². The molecule has 0 saturated heterocycles. The van der Waals surface area contributed by atoms with Gasteiger partial charge in [-0.15, -0.1) is 0 Å². The quantitative estimate of drug-likeness (QED) is 0.196. The third kappa shape index (κ3) is 6.53. The molecule has 4 aromatic carbocycles. The zero-order chi connectivity index (χ0) is 29.8. The van der Waals surface area contributed by atoms with E-state index in [9.17, 15) is 31.7 Å². The van der Waals surface area contributed by atoms with Crippen molar-refractivity contribution < 1.29 is 26.6 Å². The summed E-state index contributed by atoms with van der Waals surface area (Å²) in [5.41, 5.74) is 1.40. The number of nitrogens with zero attached hydrogens (tertiary/aromatic N) is 2. The van der Waals surface area contributed by atoms with Gasteiger partial charge in [-0.3, -0.25) is 19.6 Å². The molecule has 0 aliphatic carbocycles. The first-order chi connectivity index (χ1) is 19.4. The number of hydrogen-bond donors (Lipinski definition) is 2. The molecule has 0 aromatic heterocycles. The number of carbonyl (C=O) groups is 1. The molecule has 1 amide bonds. The van der Waals surface area contributed by atoms with Gasteiger partial charge in [0.1, 0.15) is 12.2 Å². The third-order valence-corrected chi connectivity index (χ3v) is 9.27. The van der Waals surface area contributed by atoms with Gasteiger partial charge in [0.2, 0.25) is 5.91 Å². The predicted molar refractivity (Wildman–Crippen MR) is 156 cm³/mol. The Labute approximate surface area is 237 Å². The minimum atomic E-state index is -4.38. The lowest BCUT2D eigenvalue weighted by Gasteiger charge is -2.23. The van der Waals surface area contributed by atoms with Gasteiger partial charge in [0.05, 0.1) is 20.4 Å². The molecule has 0 fully saturated rings. The first kappa shape index (κ1) is 29.2. The molecule has 0 aliphatic rings. The first-order valence-electron chi connectivity index (χ1n) is 12.2. The molecule has 13 heteroatoms. The average Bonchev–Trinajstić information content (AvgIpc) is 2.94. The molecule has 0 saturated carbocycles. The van der Waals surface area contributed by atoms with E-state index in [0.29, 0.717) is 9.99 Å². The summed E-state index contributed by atoms with van der Waals surface area (Å²) in [7, 11) is -8.32. The fourth-order valence-electron chi connectivity index (χ4n) is 4.07. The predicted octanol–water partition coefficient (Wildman–Crippen LogP) is 4.85. The lowest BCUT2D eigenvalue weighted by Crippen LogP contribution is -2.38. The van der Waals surface area contributed by atoms with Crippen LogP contribution in [-0.2, 0) is 24.8 Å². The smallest absolute Gasteiger partial charge is 0.293 e. The van der Waals surface area contributed by atoms with Crippen LogP contribution in [0.4, 0.5) is 22.7 Å². The highest BCUT2D eigenvalue weighted by molar-refractivity contribution is 7.93. The number of carbonyl (C=O) groups excluding carboxylic acids is 1. The Hall–Kier alpha value is -4.75. The van der Waals surface area contributed by atoms with Crippen LogP contribution in [0, 0.1) is 24.0 Å². The number of nitro benzene ring substituents is 1. The summed E-state index contributed by atoms with van der Waals surface area (Å²) in [4.78, 5) is 23.8. The number of nitro groups is 1. The van der Waals surface area contributed by atoms with Gasteiger partial charge in [-0.05, 0) is 67.4 Å². The topological polar surface area (TPSA) is 156 Å². The van der Waals surface area contributed by atoms with Crippen molar-refractivity contribution in [1.82, 2.24) is 0 Å². The standard InChI is InChI=1S/C28H26N4O7S2/c1-20-9-8-10-21(2)28(20)30-40(36,37)23-17-15-22(16-18-23)29-27(33)19-31(25-13-6-7-14-26(25)32(34)35)41(38,39)24-11-4-3-5-12-24/h3-18,30H,19H2,1-2H3,(H,29,33). The van der Waals surface area contributed by atoms with E-state index in [1.165, 1.54) is 66.7 Å². The van der Waals surface area contributed by atoms with Gasteiger partial charge in [-0.2, -0.15) is 0 Å². The SMILES string of the molecule is Cc1cccc(C)c1NS(=O)(=O)c1ccc(NC(=O)CN(c2ccccc2[N+](=O)[O-])S(=O)(=O)c2ccccc2)cc1. The molecule has 4 rings (SSSR count). The van der Waals surface area contributed by atoms with Gasteiger partial charge in [-0.1, -0.05) is 48.5 Å². The number of amides is 1. The van der Waals surface area contributed by atoms with E-state index >= 15 is 0 Å². The third-order valence-electron chi connectivity index (χ3n) is 6.13. The highest BCUT2D eigenvalue weighted by Gasteiger charge is 2.32. The molecule has 0 radical (unpaired) electrons. The van der Waals surface area contributed by atoms with Crippen molar-refractivity contribution in [2.75, 3.05) is 20.9 Å². The number of benzene rings is 4. The molecule has 0 aliphatic heterocycles. The van der Waals surface area contributed by atoms with Crippen molar-refractivity contribution in [3.63, 3.8) is 0 Å². The van der Waals surface area contributed by atoms with Crippen molar-refractivity contribution in [2.45, 2.75) is 23.6 Å². The molecule has 11 nitrogen and oxygen atoms in total. The Morgan fingerprint density at radius 3 is 1.98 bits per heavy atom. The number of rotatable bonds is 10. The van der Waals surface area contributed by atoms with E-state index in [4.69, 9.17) is 0 Å². The fraction of sp³-hybridized carbons (Fsp3) is 0.107. The van der Waals surface area contributed by atoms with Crippen molar-refractivity contribution in [1.29, 1.82) is 0 Å². The van der Waals surface area contributed by atoms with Crippen LogP contribution in [0.2, 0.25) is 0 Å². The Morgan fingerprint density at radius 1 is 0.780 bits per heavy atom. The Morgan fingerprint density at radius 2 is 1.37 bits per heavy atom. The second-order valence-corrected chi connectivity index (χ2v) is 12.6. The molecular weight excluding hydrogens is 568 g/mol. The second-order valence-electron chi connectivity index (χ2n) is 9.02. The second kappa shape index (κ2) is 11.8. The van der Waals surface area contributed by atoms with Gasteiger partial charge < -0.3 is 5.32 Å². The maximum absolute atomic E-state index is 13.5. The molecule has 41 heavy (non-hydrogen) atoms. The van der Waals surface area contributed by atoms with Crippen molar-refractivity contribution >= 4 is 48.7 Å². The van der Waals surface area contributed by atoms with E-state index in [1.807, 2.05) is 6.07 Å². The molecule has 0 bridgehead atoms. The summed E-state index contributed by atoms with van der Waals surface area (Å²) >= 11 is 0. The van der Waals surface area contributed by atoms with Gasteiger partial charge in [-0.25, -0.2) is 21.1 Å². The summed E-state index contributed by atoms with van der Waals surface area (Å²) in [6.45, 7) is 2.79. The minimum absolute atomic E-state index is 0.0497. The van der Waals surface area contributed by atoms with Crippen LogP contribution < -0.4 is 14.3 Å². The number of aryl methyl sites for hydroxylation is 2. The van der Waals surface area contributed by atoms with Crippen molar-refractivity contribution in [2.24, 2.45) is 0 Å². The number of sulfonamides is 2. The van der Waals surface area contributed by atoms with Crippen LogP contribution in [0.25, 0.3) is 0 Å². The van der Waals surface area contributed by atoms with E-state index in [-0.39, 0.29) is 21.2 Å². The normalized spacial score (nSPS) is 11.5. The highest BCUT2D eigenvalue weighted by Crippen LogP contribution is 2.32. The summed E-state index contributed by atoms with van der Waals surface area (Å²) in [5, 5.41) is 14.2. The van der Waals surface area contributed by atoms with E-state index < -0.39 is 43.1 Å². The molecule has 0 atom stereocenters. The molecule has 212 valence electrons. The largest absolute Gasteiger partial charge is 0.325 e. The Bertz CT molecular complexity index is 1790. The minimum Gasteiger partial charge on any atom is -0.325 e. The first-order valence-corrected chi connectivity index (χ1v) is 15.1. The molecule has 4 aromatic rings. The van der Waals surface area contributed by atoms with E-state index in [2.05, 4.69) is 10.0 Å². The van der Waals surface area contributed by atoms with Crippen LogP contribution >= 0.6 is 0 Å². The summed E-state index contributed by atoms with van der Waals surface area (Å²) in [5.74, 6) is -0.799. The Balaban J connectivity index is 1.58. The molecule has 0 heterocycles. The van der Waals surface area contributed by atoms with Gasteiger partial charge in [0.25, 0.3) is 25.7 Å². The van der Waals surface area contributed by atoms with Crippen molar-refractivity contribution in [3.8, 4) is 0 Å². The van der Waals surface area contributed by atoms with Gasteiger partial charge in [0, 0.05) is 11.8 Å². The zero-order valence-corrected chi connectivity index (χ0v) is 23.6. The van der Waals surface area contributed by atoms with Crippen LogP contribution in [0.1, 0.15) is 11.1 Å². The van der Waals surface area contributed by atoms with Crippen LogP contribution in [0.5, 0.6) is 0 Å². The maximum atomic E-state index is 13.5. The lowest BCUT2D eigenvalue weighted by molar-refractivity contribution is -0.384. The molecular formula is C28H26N4O7S2. The Kier molecular flexibility index (Phi) is 8.40. The van der Waals surface area contributed by atoms with Gasteiger partial charge in [0.15, 0.2) is 0 Å². The lowest BCUT2D eigenvalue weighted by atomic mass is 10.1. The van der Waals surface area contributed by atoms with Crippen LogP contribution in [-0.4, -0.2) is 34.2 Å². The van der Waals surface area contributed by atoms with Gasteiger partial charge >= 0.3 is 0 Å². The number of nitrogens with one attached hydrogen (secondary N) is 2. The average molecular weight is 595 g/mol. The summed E-state index contributed by atoms with van der Waals surface area (Å²) in [6, 6.07) is 23.2. The summed E-state index contributed by atoms with van der Waals surface area (Å²) in [6.07, 6.45) is 0. The van der Waals surface area contributed by atoms with Crippen molar-refractivity contribution in [3.05, 3.63) is 118 Å². The summed E-state index contributed by atoms with van der Waals surface area (Å²) < 4.78 is 56.1. The molecule has 2 N–H and O–H groups in total. The number of anilines is 3. The van der Waals surface area contributed by atoms with Crippen LogP contribution in [0.15, 0.2) is 107 Å². The molecule has 0 unspecified atom stereocenters.